The molecule has 3 rings (SSSR count). The van der Waals surface area contributed by atoms with E-state index < -0.39 is 0 Å². The highest BCUT2D eigenvalue weighted by molar-refractivity contribution is 5.89. The minimum atomic E-state index is -0.307. The Kier molecular flexibility index (Phi) is 8.47. The van der Waals surface area contributed by atoms with E-state index in [9.17, 15) is 9.90 Å². The maximum absolute atomic E-state index is 12.4. The van der Waals surface area contributed by atoms with Crippen LogP contribution in [-0.4, -0.2) is 42.5 Å². The number of allylic oxidation sites excluding steroid dienone is 3. The summed E-state index contributed by atoms with van der Waals surface area (Å²) in [5, 5.41) is 10.5. The van der Waals surface area contributed by atoms with E-state index in [2.05, 4.69) is 44.1 Å². The maximum atomic E-state index is 12.4. The van der Waals surface area contributed by atoms with E-state index in [0.717, 1.165) is 19.3 Å². The number of unbranched alkanes of at least 4 members (excludes halogenated alkanes) is 2. The molecule has 2 aliphatic rings. The van der Waals surface area contributed by atoms with Crippen molar-refractivity contribution in [1.82, 2.24) is 4.90 Å². The van der Waals surface area contributed by atoms with Gasteiger partial charge in [-0.2, -0.15) is 0 Å². The molecular formula is C27H39NO2. The molecule has 1 aromatic rings. The van der Waals surface area contributed by atoms with Crippen molar-refractivity contribution < 1.29 is 9.90 Å². The van der Waals surface area contributed by atoms with Crippen LogP contribution in [0.1, 0.15) is 56.1 Å². The summed E-state index contributed by atoms with van der Waals surface area (Å²) in [6.45, 7) is 3.26. The van der Waals surface area contributed by atoms with Gasteiger partial charge in [0.15, 0.2) is 5.78 Å². The zero-order valence-electron chi connectivity index (χ0n) is 19.0. The summed E-state index contributed by atoms with van der Waals surface area (Å²) >= 11 is 0. The van der Waals surface area contributed by atoms with E-state index in [0.29, 0.717) is 18.3 Å². The van der Waals surface area contributed by atoms with Crippen molar-refractivity contribution in [3.8, 4) is 0 Å². The van der Waals surface area contributed by atoms with Crippen molar-refractivity contribution in [2.75, 3.05) is 20.6 Å². The molecule has 0 radical (unpaired) electrons. The van der Waals surface area contributed by atoms with E-state index in [-0.39, 0.29) is 17.8 Å². The summed E-state index contributed by atoms with van der Waals surface area (Å²) < 4.78 is 0. The molecule has 0 heterocycles. The Balaban J connectivity index is 1.44. The second kappa shape index (κ2) is 11.1. The number of nitrogens with zero attached hydrogens (tertiary/aromatic N) is 1. The minimum Gasteiger partial charge on any atom is -0.392 e. The van der Waals surface area contributed by atoms with Gasteiger partial charge in [-0.1, -0.05) is 48.4 Å². The van der Waals surface area contributed by atoms with Crippen LogP contribution in [0.15, 0.2) is 48.1 Å². The highest BCUT2D eigenvalue weighted by atomic mass is 16.3. The van der Waals surface area contributed by atoms with Gasteiger partial charge in [-0.3, -0.25) is 4.79 Å². The number of ketones is 1. The first-order valence-corrected chi connectivity index (χ1v) is 11.7. The normalized spacial score (nSPS) is 25.8. The Morgan fingerprint density at radius 1 is 1.17 bits per heavy atom. The highest BCUT2D eigenvalue weighted by Crippen LogP contribution is 2.48. The average molecular weight is 410 g/mol. The summed E-state index contributed by atoms with van der Waals surface area (Å²) in [7, 11) is 4.26. The molecule has 3 nitrogen and oxygen atoms in total. The third-order valence-electron chi connectivity index (χ3n) is 6.96. The van der Waals surface area contributed by atoms with Gasteiger partial charge in [0.2, 0.25) is 0 Å². The number of hydrogen-bond acceptors (Lipinski definition) is 3. The number of carbonyl (C=O) groups excluding carboxylic acids is 1. The Morgan fingerprint density at radius 2 is 1.97 bits per heavy atom. The number of aliphatic hydroxyl groups excluding tert-OH is 1. The van der Waals surface area contributed by atoms with Crippen LogP contribution in [0.4, 0.5) is 0 Å². The second-order valence-electron chi connectivity index (χ2n) is 9.60. The molecule has 1 N–H and O–H groups in total. The van der Waals surface area contributed by atoms with Gasteiger partial charge in [0.25, 0.3) is 0 Å². The number of carbonyl (C=O) groups is 1. The molecule has 4 atom stereocenters. The molecule has 1 aromatic carbocycles. The molecule has 0 aromatic heterocycles. The van der Waals surface area contributed by atoms with Gasteiger partial charge < -0.3 is 10.0 Å². The number of hydrogen-bond donors (Lipinski definition) is 1. The van der Waals surface area contributed by atoms with Gasteiger partial charge in [0.1, 0.15) is 0 Å². The molecule has 0 bridgehead atoms. The highest BCUT2D eigenvalue weighted by Gasteiger charge is 2.43. The Bertz CT molecular complexity index is 764. The average Bonchev–Trinajstić information content (AvgIpc) is 3.21. The Hall–Kier alpha value is -1.71. The molecular weight excluding hydrogens is 370 g/mol. The van der Waals surface area contributed by atoms with E-state index in [4.69, 9.17) is 0 Å². The van der Waals surface area contributed by atoms with E-state index in [1.165, 1.54) is 43.4 Å². The summed E-state index contributed by atoms with van der Waals surface area (Å²) in [6, 6.07) is 8.26. The van der Waals surface area contributed by atoms with Gasteiger partial charge in [0.05, 0.1) is 6.10 Å². The molecule has 0 unspecified atom stereocenters. The molecule has 164 valence electrons. The van der Waals surface area contributed by atoms with Gasteiger partial charge in [-0.25, -0.2) is 0 Å². The van der Waals surface area contributed by atoms with Crippen LogP contribution in [-0.2, 0) is 11.2 Å². The second-order valence-corrected chi connectivity index (χ2v) is 9.60. The van der Waals surface area contributed by atoms with Crippen LogP contribution in [0.25, 0.3) is 0 Å². The molecule has 0 saturated heterocycles. The van der Waals surface area contributed by atoms with Crippen LogP contribution >= 0.6 is 0 Å². The van der Waals surface area contributed by atoms with Crippen LogP contribution in [0.3, 0.4) is 0 Å². The van der Waals surface area contributed by atoms with E-state index in [1.54, 1.807) is 11.6 Å². The van der Waals surface area contributed by atoms with Crippen molar-refractivity contribution in [1.29, 1.82) is 0 Å². The SMILES string of the molecule is Cc1ccccc1CCC(=O)/C=C/[C@@H]1[C@H]2CC(CCCCCN(C)C)=C[C@H]2C[C@H]1O. The lowest BCUT2D eigenvalue weighted by Gasteiger charge is -2.18. The molecule has 2 aliphatic carbocycles. The number of benzene rings is 1. The zero-order chi connectivity index (χ0) is 21.5. The fraction of sp³-hybridized carbons (Fsp3) is 0.593. The topological polar surface area (TPSA) is 40.5 Å². The summed E-state index contributed by atoms with van der Waals surface area (Å²) in [4.78, 5) is 14.7. The summed E-state index contributed by atoms with van der Waals surface area (Å²) in [6.07, 6.45) is 14.2. The lowest BCUT2D eigenvalue weighted by Crippen LogP contribution is -2.17. The lowest BCUT2D eigenvalue weighted by molar-refractivity contribution is -0.114. The fourth-order valence-electron chi connectivity index (χ4n) is 5.20. The lowest BCUT2D eigenvalue weighted by atomic mass is 9.88. The molecule has 0 aliphatic heterocycles. The third kappa shape index (κ3) is 6.39. The smallest absolute Gasteiger partial charge is 0.155 e. The van der Waals surface area contributed by atoms with Crippen molar-refractivity contribution in [3.63, 3.8) is 0 Å². The Labute approximate surface area is 182 Å². The summed E-state index contributed by atoms with van der Waals surface area (Å²) in [5.41, 5.74) is 4.07. The zero-order valence-corrected chi connectivity index (χ0v) is 19.0. The quantitative estimate of drug-likeness (QED) is 0.313. The van der Waals surface area contributed by atoms with Crippen LogP contribution < -0.4 is 0 Å². The monoisotopic (exact) mass is 409 g/mol. The first-order chi connectivity index (χ1) is 14.4. The fourth-order valence-corrected chi connectivity index (χ4v) is 5.20. The molecule has 30 heavy (non-hydrogen) atoms. The van der Waals surface area contributed by atoms with Crippen molar-refractivity contribution in [3.05, 3.63) is 59.2 Å². The maximum Gasteiger partial charge on any atom is 0.155 e. The molecule has 0 spiro atoms. The largest absolute Gasteiger partial charge is 0.392 e. The van der Waals surface area contributed by atoms with E-state index in [1.807, 2.05) is 18.2 Å². The van der Waals surface area contributed by atoms with Crippen LogP contribution in [0, 0.1) is 24.7 Å². The molecule has 1 fully saturated rings. The van der Waals surface area contributed by atoms with Gasteiger partial charge in [0, 0.05) is 12.3 Å². The third-order valence-corrected chi connectivity index (χ3v) is 6.96. The molecule has 0 amide bonds. The minimum absolute atomic E-state index is 0.125. The van der Waals surface area contributed by atoms with Gasteiger partial charge >= 0.3 is 0 Å². The first kappa shape index (κ1) is 23.0. The Morgan fingerprint density at radius 3 is 2.73 bits per heavy atom. The van der Waals surface area contributed by atoms with Gasteiger partial charge in [-0.05, 0) is 95.1 Å². The predicted molar refractivity (Wildman–Crippen MR) is 124 cm³/mol. The van der Waals surface area contributed by atoms with Crippen molar-refractivity contribution in [2.45, 2.75) is 64.4 Å². The number of aryl methyl sites for hydroxylation is 2. The van der Waals surface area contributed by atoms with Crippen LogP contribution in [0.2, 0.25) is 0 Å². The first-order valence-electron chi connectivity index (χ1n) is 11.7. The molecule has 1 saturated carbocycles. The number of fused-ring (bicyclic) bond motifs is 1. The van der Waals surface area contributed by atoms with Crippen LogP contribution in [0.5, 0.6) is 0 Å². The standard InChI is InChI=1S/C27H39NO2/c1-20-9-6-7-11-22(20)12-13-24(29)14-15-25-26-18-21(17-23(26)19-27(25)30)10-5-4-8-16-28(2)3/h6-7,9,11,14-15,17,23,25-27,30H,4-5,8,10,12-13,16,18-19H2,1-3H3/b15-14+/t23-,25+,26-,27+/m0/s1. The van der Waals surface area contributed by atoms with E-state index >= 15 is 0 Å². The van der Waals surface area contributed by atoms with Crippen molar-refractivity contribution >= 4 is 5.78 Å². The number of aliphatic hydroxyl groups is 1. The van der Waals surface area contributed by atoms with Gasteiger partial charge in [-0.15, -0.1) is 0 Å². The number of rotatable bonds is 11. The summed E-state index contributed by atoms with van der Waals surface area (Å²) in [5.74, 6) is 1.27. The molecule has 3 heteroatoms. The predicted octanol–water partition coefficient (Wildman–Crippen LogP) is 5.12. The van der Waals surface area contributed by atoms with Crippen molar-refractivity contribution in [2.24, 2.45) is 17.8 Å².